The first-order valence-electron chi connectivity index (χ1n) is 6.07. The zero-order valence-electron chi connectivity index (χ0n) is 11.4. The number of ether oxygens (including phenoxy) is 1. The van der Waals surface area contributed by atoms with Gasteiger partial charge in [0.1, 0.15) is 11.6 Å². The summed E-state index contributed by atoms with van der Waals surface area (Å²) in [7, 11) is 1.45. The van der Waals surface area contributed by atoms with Gasteiger partial charge in [0.2, 0.25) is 0 Å². The highest BCUT2D eigenvalue weighted by Gasteiger charge is 2.30. The third-order valence-corrected chi connectivity index (χ3v) is 2.81. The Hall–Kier alpha value is -1.76. The van der Waals surface area contributed by atoms with E-state index in [2.05, 4.69) is 0 Å². The van der Waals surface area contributed by atoms with Crippen LogP contribution in [-0.2, 0) is 6.54 Å². The van der Waals surface area contributed by atoms with Crippen LogP contribution in [0.1, 0.15) is 18.1 Å². The van der Waals surface area contributed by atoms with Gasteiger partial charge >= 0.3 is 6.18 Å². The lowest BCUT2D eigenvalue weighted by Gasteiger charge is -2.22. The van der Waals surface area contributed by atoms with Crippen molar-refractivity contribution in [2.45, 2.75) is 19.6 Å². The molecule has 0 aliphatic carbocycles. The summed E-state index contributed by atoms with van der Waals surface area (Å²) in [5.41, 5.74) is 6.47. The normalized spacial score (nSPS) is 11.7. The van der Waals surface area contributed by atoms with Gasteiger partial charge in [-0.1, -0.05) is 13.0 Å². The molecule has 4 nitrogen and oxygen atoms in total. The Morgan fingerprint density at radius 1 is 1.40 bits per heavy atom. The molecular weight excluding hydrogens is 271 g/mol. The lowest BCUT2D eigenvalue weighted by atomic mass is 10.1. The Balaban J connectivity index is 2.91. The van der Waals surface area contributed by atoms with E-state index >= 15 is 0 Å². The Labute approximate surface area is 115 Å². The molecule has 1 aromatic carbocycles. The summed E-state index contributed by atoms with van der Waals surface area (Å²) in [6.07, 6.45) is -4.23. The van der Waals surface area contributed by atoms with Gasteiger partial charge in [-0.2, -0.15) is 13.2 Å². The van der Waals surface area contributed by atoms with Gasteiger partial charge in [0, 0.05) is 6.54 Å². The predicted octanol–water partition coefficient (Wildman–Crippen LogP) is 2.36. The van der Waals surface area contributed by atoms with E-state index in [0.717, 1.165) is 0 Å². The van der Waals surface area contributed by atoms with Gasteiger partial charge in [-0.3, -0.25) is 10.3 Å². The van der Waals surface area contributed by atoms with Crippen LogP contribution < -0.4 is 10.5 Å². The van der Waals surface area contributed by atoms with Gasteiger partial charge in [-0.05, 0) is 24.2 Å². The van der Waals surface area contributed by atoms with E-state index in [-0.39, 0.29) is 18.9 Å². The molecule has 1 aromatic rings. The number of hydrogen-bond donors (Lipinski definition) is 2. The van der Waals surface area contributed by atoms with Crippen LogP contribution in [0.4, 0.5) is 13.2 Å². The first-order valence-corrected chi connectivity index (χ1v) is 6.07. The molecule has 0 radical (unpaired) electrons. The molecular formula is C13H18F3N3O. The summed E-state index contributed by atoms with van der Waals surface area (Å²) < 4.78 is 42.3. The van der Waals surface area contributed by atoms with Crippen LogP contribution in [0.15, 0.2) is 18.2 Å². The highest BCUT2D eigenvalue weighted by atomic mass is 19.4. The zero-order chi connectivity index (χ0) is 15.3. The van der Waals surface area contributed by atoms with Crippen LogP contribution in [-0.4, -0.2) is 37.1 Å². The van der Waals surface area contributed by atoms with E-state index in [9.17, 15) is 13.2 Å². The third kappa shape index (κ3) is 4.73. The third-order valence-electron chi connectivity index (χ3n) is 2.81. The summed E-state index contributed by atoms with van der Waals surface area (Å²) in [6.45, 7) is 1.12. The van der Waals surface area contributed by atoms with Crippen LogP contribution in [0.25, 0.3) is 0 Å². The molecule has 0 amide bonds. The van der Waals surface area contributed by atoms with Crippen molar-refractivity contribution in [1.82, 2.24) is 4.90 Å². The second-order valence-electron chi connectivity index (χ2n) is 4.37. The van der Waals surface area contributed by atoms with Crippen molar-refractivity contribution in [1.29, 1.82) is 5.41 Å². The smallest absolute Gasteiger partial charge is 0.401 e. The van der Waals surface area contributed by atoms with Crippen molar-refractivity contribution in [2.24, 2.45) is 5.73 Å². The second kappa shape index (κ2) is 6.60. The second-order valence-corrected chi connectivity index (χ2v) is 4.37. The Kier molecular flexibility index (Phi) is 5.38. The molecule has 0 aliphatic rings. The minimum absolute atomic E-state index is 0.139. The highest BCUT2D eigenvalue weighted by Crippen LogP contribution is 2.22. The summed E-state index contributed by atoms with van der Waals surface area (Å²) in [5.74, 6) is 0.252. The lowest BCUT2D eigenvalue weighted by Crippen LogP contribution is -2.33. The van der Waals surface area contributed by atoms with Crippen molar-refractivity contribution in [3.05, 3.63) is 29.3 Å². The fraction of sp³-hybridized carbons (Fsp3) is 0.462. The molecule has 0 bridgehead atoms. The zero-order valence-corrected chi connectivity index (χ0v) is 11.4. The average Bonchev–Trinajstić information content (AvgIpc) is 2.36. The minimum atomic E-state index is -4.23. The van der Waals surface area contributed by atoms with Gasteiger partial charge in [-0.25, -0.2) is 0 Å². The van der Waals surface area contributed by atoms with Gasteiger partial charge < -0.3 is 10.5 Å². The monoisotopic (exact) mass is 289 g/mol. The van der Waals surface area contributed by atoms with Crippen LogP contribution >= 0.6 is 0 Å². The first-order chi connectivity index (χ1) is 9.26. The summed E-state index contributed by atoms with van der Waals surface area (Å²) in [4.78, 5) is 1.27. The van der Waals surface area contributed by atoms with Gasteiger partial charge in [0.15, 0.2) is 0 Å². The van der Waals surface area contributed by atoms with Gasteiger partial charge in [-0.15, -0.1) is 0 Å². The SMILES string of the molecule is CCN(Cc1ccc(OC)c(C(=N)N)c1)CC(F)(F)F. The van der Waals surface area contributed by atoms with E-state index in [1.54, 1.807) is 25.1 Å². The van der Waals surface area contributed by atoms with Crippen molar-refractivity contribution in [3.8, 4) is 5.75 Å². The Morgan fingerprint density at radius 2 is 2.05 bits per heavy atom. The van der Waals surface area contributed by atoms with Crippen molar-refractivity contribution >= 4 is 5.84 Å². The molecule has 20 heavy (non-hydrogen) atoms. The number of nitrogens with two attached hydrogens (primary N) is 1. The first kappa shape index (κ1) is 16.3. The maximum Gasteiger partial charge on any atom is 0.401 e. The predicted molar refractivity (Wildman–Crippen MR) is 71.0 cm³/mol. The number of alkyl halides is 3. The molecule has 0 spiro atoms. The van der Waals surface area contributed by atoms with Crippen molar-refractivity contribution < 1.29 is 17.9 Å². The molecule has 0 heterocycles. The quantitative estimate of drug-likeness (QED) is 0.624. The number of rotatable bonds is 6. The Morgan fingerprint density at radius 3 is 2.50 bits per heavy atom. The molecule has 112 valence electrons. The average molecular weight is 289 g/mol. The van der Waals surface area contributed by atoms with Crippen LogP contribution in [0.2, 0.25) is 0 Å². The van der Waals surface area contributed by atoms with Crippen LogP contribution in [0.3, 0.4) is 0 Å². The van der Waals surface area contributed by atoms with Crippen molar-refractivity contribution in [2.75, 3.05) is 20.2 Å². The molecule has 0 aliphatic heterocycles. The standard InChI is InChI=1S/C13H18F3N3O/c1-3-19(8-13(14,15)16)7-9-4-5-11(20-2)10(6-9)12(17)18/h4-6H,3,7-8H2,1-2H3,(H3,17,18). The van der Waals surface area contributed by atoms with Crippen molar-refractivity contribution in [3.63, 3.8) is 0 Å². The fourth-order valence-electron chi connectivity index (χ4n) is 1.86. The molecule has 0 atom stereocenters. The van der Waals surface area contributed by atoms with E-state index in [1.807, 2.05) is 0 Å². The van der Waals surface area contributed by atoms with Gasteiger partial charge in [0.05, 0.1) is 19.2 Å². The molecule has 1 rings (SSSR count). The van der Waals surface area contributed by atoms with E-state index in [0.29, 0.717) is 16.9 Å². The molecule has 0 aromatic heterocycles. The molecule has 0 fully saturated rings. The summed E-state index contributed by atoms with van der Waals surface area (Å²) >= 11 is 0. The van der Waals surface area contributed by atoms with Crippen LogP contribution in [0, 0.1) is 5.41 Å². The number of methoxy groups -OCH3 is 1. The van der Waals surface area contributed by atoms with Gasteiger partial charge in [0.25, 0.3) is 0 Å². The number of nitrogen functional groups attached to an aromatic ring is 1. The molecule has 3 N–H and O–H groups in total. The fourth-order valence-corrected chi connectivity index (χ4v) is 1.86. The largest absolute Gasteiger partial charge is 0.496 e. The maximum atomic E-state index is 12.4. The summed E-state index contributed by atoms with van der Waals surface area (Å²) in [6, 6.07) is 4.86. The number of benzene rings is 1. The minimum Gasteiger partial charge on any atom is -0.496 e. The molecule has 0 saturated heterocycles. The molecule has 0 unspecified atom stereocenters. The number of nitrogens with one attached hydrogen (secondary N) is 1. The lowest BCUT2D eigenvalue weighted by molar-refractivity contribution is -0.146. The van der Waals surface area contributed by atoms with E-state index < -0.39 is 12.7 Å². The highest BCUT2D eigenvalue weighted by molar-refractivity contribution is 5.97. The number of nitrogens with zero attached hydrogens (tertiary/aromatic N) is 1. The molecule has 0 saturated carbocycles. The number of hydrogen-bond acceptors (Lipinski definition) is 3. The Bertz CT molecular complexity index is 474. The van der Waals surface area contributed by atoms with Crippen LogP contribution in [0.5, 0.6) is 5.75 Å². The number of halogens is 3. The summed E-state index contributed by atoms with van der Waals surface area (Å²) in [5, 5.41) is 7.45. The van der Waals surface area contributed by atoms with E-state index in [1.165, 1.54) is 12.0 Å². The topological polar surface area (TPSA) is 62.3 Å². The molecule has 7 heteroatoms. The number of amidine groups is 1. The van der Waals surface area contributed by atoms with E-state index in [4.69, 9.17) is 15.9 Å². The maximum absolute atomic E-state index is 12.4.